The normalized spacial score (nSPS) is 13.3. The molecule has 0 heterocycles. The first kappa shape index (κ1) is 17.5. The monoisotopic (exact) mass is 321 g/mol. The number of ether oxygens (including phenoxy) is 2. The fourth-order valence-corrected chi connectivity index (χ4v) is 1.91. The van der Waals surface area contributed by atoms with E-state index in [9.17, 15) is 5.11 Å². The summed E-state index contributed by atoms with van der Waals surface area (Å²) in [6.45, 7) is 5.16. The molecule has 0 bridgehead atoms. The Morgan fingerprint density at radius 1 is 1.30 bits per heavy atom. The molecule has 2 N–H and O–H groups in total. The summed E-state index contributed by atoms with van der Waals surface area (Å²) in [7, 11) is 1.65. The highest BCUT2D eigenvalue weighted by molar-refractivity contribution is 6.42. The highest BCUT2D eigenvalue weighted by atomic mass is 35.5. The van der Waals surface area contributed by atoms with Crippen molar-refractivity contribution < 1.29 is 14.6 Å². The number of benzene rings is 1. The van der Waals surface area contributed by atoms with E-state index in [1.54, 1.807) is 25.3 Å². The number of methoxy groups -OCH3 is 1. The maximum atomic E-state index is 9.88. The van der Waals surface area contributed by atoms with Crippen LogP contribution in [-0.4, -0.2) is 43.6 Å². The van der Waals surface area contributed by atoms with Crippen molar-refractivity contribution in [3.63, 3.8) is 0 Å². The van der Waals surface area contributed by atoms with Gasteiger partial charge in [0.25, 0.3) is 0 Å². The van der Waals surface area contributed by atoms with E-state index in [1.165, 1.54) is 0 Å². The predicted octanol–water partition coefficient (Wildman–Crippen LogP) is 2.75. The Balaban J connectivity index is 2.36. The number of aliphatic hydroxyl groups excluding tert-OH is 1. The second-order valence-corrected chi connectivity index (χ2v) is 6.05. The van der Waals surface area contributed by atoms with Crippen molar-refractivity contribution in [2.45, 2.75) is 25.5 Å². The van der Waals surface area contributed by atoms with Crippen LogP contribution in [0, 0.1) is 0 Å². The van der Waals surface area contributed by atoms with Crippen molar-refractivity contribution in [3.05, 3.63) is 28.2 Å². The molecule has 0 spiro atoms. The van der Waals surface area contributed by atoms with E-state index in [0.29, 0.717) is 28.9 Å². The lowest BCUT2D eigenvalue weighted by atomic mass is 10.1. The molecule has 6 heteroatoms. The standard InChI is InChI=1S/C14H21Cl2NO3/c1-14(2,9-19-3)17-7-10(18)8-20-11-4-5-12(15)13(16)6-11/h4-6,10,17-18H,7-9H2,1-3H3. The van der Waals surface area contributed by atoms with Crippen LogP contribution in [0.25, 0.3) is 0 Å². The number of halogens is 2. The van der Waals surface area contributed by atoms with Gasteiger partial charge < -0.3 is 19.9 Å². The van der Waals surface area contributed by atoms with Gasteiger partial charge in [-0.2, -0.15) is 0 Å². The molecule has 0 aliphatic rings. The van der Waals surface area contributed by atoms with Crippen molar-refractivity contribution in [2.24, 2.45) is 0 Å². The number of hydrogen-bond donors (Lipinski definition) is 2. The number of aliphatic hydroxyl groups is 1. The molecule has 0 aliphatic heterocycles. The van der Waals surface area contributed by atoms with Crippen LogP contribution < -0.4 is 10.1 Å². The molecule has 1 aromatic carbocycles. The molecule has 114 valence electrons. The molecule has 1 aromatic rings. The molecule has 1 unspecified atom stereocenters. The van der Waals surface area contributed by atoms with E-state index in [1.807, 2.05) is 13.8 Å². The Labute approximate surface area is 130 Å². The molecule has 1 atom stereocenters. The molecule has 0 saturated heterocycles. The summed E-state index contributed by atoms with van der Waals surface area (Å²) in [6.07, 6.45) is -0.624. The summed E-state index contributed by atoms with van der Waals surface area (Å²) in [5.74, 6) is 0.578. The average Bonchev–Trinajstić information content (AvgIpc) is 2.38. The van der Waals surface area contributed by atoms with Gasteiger partial charge in [0.1, 0.15) is 18.5 Å². The van der Waals surface area contributed by atoms with Gasteiger partial charge in [-0.05, 0) is 26.0 Å². The lowest BCUT2D eigenvalue weighted by Crippen LogP contribution is -2.47. The van der Waals surface area contributed by atoms with Crippen LogP contribution in [-0.2, 0) is 4.74 Å². The molecule has 0 radical (unpaired) electrons. The predicted molar refractivity (Wildman–Crippen MR) is 81.9 cm³/mol. The highest BCUT2D eigenvalue weighted by Crippen LogP contribution is 2.26. The lowest BCUT2D eigenvalue weighted by Gasteiger charge is -2.26. The number of β-amino-alcohol motifs (C(OH)–C–C–N with tert-alkyl or cyclic N) is 1. The van der Waals surface area contributed by atoms with Crippen molar-refractivity contribution in [1.29, 1.82) is 0 Å². The van der Waals surface area contributed by atoms with Gasteiger partial charge in [0.2, 0.25) is 0 Å². The third kappa shape index (κ3) is 6.29. The first-order valence-electron chi connectivity index (χ1n) is 6.34. The van der Waals surface area contributed by atoms with Crippen LogP contribution >= 0.6 is 23.2 Å². The minimum Gasteiger partial charge on any atom is -0.491 e. The minimum absolute atomic E-state index is 0.175. The van der Waals surface area contributed by atoms with Gasteiger partial charge >= 0.3 is 0 Å². The van der Waals surface area contributed by atoms with Crippen LogP contribution in [0.1, 0.15) is 13.8 Å². The zero-order valence-corrected chi connectivity index (χ0v) is 13.5. The third-order valence-electron chi connectivity index (χ3n) is 2.65. The Kier molecular flexibility index (Phi) is 7.06. The summed E-state index contributed by atoms with van der Waals surface area (Å²) in [5.41, 5.74) is -0.195. The fourth-order valence-electron chi connectivity index (χ4n) is 1.62. The SMILES string of the molecule is COCC(C)(C)NCC(O)COc1ccc(Cl)c(Cl)c1. The summed E-state index contributed by atoms with van der Waals surface area (Å²) in [5, 5.41) is 14.0. The van der Waals surface area contributed by atoms with Gasteiger partial charge in [0, 0.05) is 25.3 Å². The first-order valence-corrected chi connectivity index (χ1v) is 7.09. The maximum absolute atomic E-state index is 9.88. The van der Waals surface area contributed by atoms with E-state index in [0.717, 1.165) is 0 Å². The van der Waals surface area contributed by atoms with Gasteiger partial charge in [0.05, 0.1) is 16.7 Å². The van der Waals surface area contributed by atoms with Gasteiger partial charge in [-0.15, -0.1) is 0 Å². The van der Waals surface area contributed by atoms with E-state index >= 15 is 0 Å². The molecule has 0 fully saturated rings. The molecular formula is C14H21Cl2NO3. The Morgan fingerprint density at radius 3 is 2.60 bits per heavy atom. The van der Waals surface area contributed by atoms with Crippen LogP contribution in [0.2, 0.25) is 10.0 Å². The second kappa shape index (κ2) is 8.05. The Morgan fingerprint density at radius 2 is 2.00 bits per heavy atom. The fraction of sp³-hybridized carbons (Fsp3) is 0.571. The van der Waals surface area contributed by atoms with E-state index in [-0.39, 0.29) is 12.1 Å². The summed E-state index contributed by atoms with van der Waals surface area (Å²) in [6, 6.07) is 4.99. The minimum atomic E-state index is -0.624. The number of rotatable bonds is 8. The molecule has 20 heavy (non-hydrogen) atoms. The van der Waals surface area contributed by atoms with Gasteiger partial charge in [-0.25, -0.2) is 0 Å². The maximum Gasteiger partial charge on any atom is 0.121 e. The molecular weight excluding hydrogens is 301 g/mol. The molecule has 0 aliphatic carbocycles. The van der Waals surface area contributed by atoms with Crippen LogP contribution in [0.3, 0.4) is 0 Å². The van der Waals surface area contributed by atoms with Crippen LogP contribution in [0.4, 0.5) is 0 Å². The van der Waals surface area contributed by atoms with Crippen molar-refractivity contribution in [3.8, 4) is 5.75 Å². The van der Waals surface area contributed by atoms with Gasteiger partial charge in [0.15, 0.2) is 0 Å². The topological polar surface area (TPSA) is 50.7 Å². The summed E-state index contributed by atoms with van der Waals surface area (Å²) < 4.78 is 10.6. The molecule has 1 rings (SSSR count). The van der Waals surface area contributed by atoms with Crippen molar-refractivity contribution in [2.75, 3.05) is 26.9 Å². The Bertz CT molecular complexity index is 427. The van der Waals surface area contributed by atoms with Gasteiger partial charge in [-0.3, -0.25) is 0 Å². The Hall–Kier alpha value is -0.520. The average molecular weight is 322 g/mol. The largest absolute Gasteiger partial charge is 0.491 e. The van der Waals surface area contributed by atoms with E-state index in [2.05, 4.69) is 5.32 Å². The third-order valence-corrected chi connectivity index (χ3v) is 3.39. The number of hydrogen-bond acceptors (Lipinski definition) is 4. The highest BCUT2D eigenvalue weighted by Gasteiger charge is 2.18. The van der Waals surface area contributed by atoms with Crippen LogP contribution in [0.15, 0.2) is 18.2 Å². The molecule has 0 aromatic heterocycles. The zero-order valence-electron chi connectivity index (χ0n) is 12.0. The quantitative estimate of drug-likeness (QED) is 0.773. The van der Waals surface area contributed by atoms with E-state index in [4.69, 9.17) is 32.7 Å². The van der Waals surface area contributed by atoms with Crippen molar-refractivity contribution in [1.82, 2.24) is 5.32 Å². The summed E-state index contributed by atoms with van der Waals surface area (Å²) in [4.78, 5) is 0. The second-order valence-electron chi connectivity index (χ2n) is 5.24. The summed E-state index contributed by atoms with van der Waals surface area (Å²) >= 11 is 11.7. The van der Waals surface area contributed by atoms with Crippen molar-refractivity contribution >= 4 is 23.2 Å². The molecule has 0 saturated carbocycles. The smallest absolute Gasteiger partial charge is 0.121 e. The number of nitrogens with one attached hydrogen (secondary N) is 1. The van der Waals surface area contributed by atoms with Gasteiger partial charge in [-0.1, -0.05) is 23.2 Å². The van der Waals surface area contributed by atoms with Crippen LogP contribution in [0.5, 0.6) is 5.75 Å². The zero-order chi connectivity index (χ0) is 15.2. The first-order chi connectivity index (χ1) is 9.34. The molecule has 0 amide bonds. The van der Waals surface area contributed by atoms with E-state index < -0.39 is 6.10 Å². The lowest BCUT2D eigenvalue weighted by molar-refractivity contribution is 0.0813. The molecule has 4 nitrogen and oxygen atoms in total.